The summed E-state index contributed by atoms with van der Waals surface area (Å²) in [5.41, 5.74) is 1.45. The van der Waals surface area contributed by atoms with Crippen molar-refractivity contribution in [1.82, 2.24) is 10.3 Å². The number of anilines is 1. The Kier molecular flexibility index (Phi) is 5.25. The minimum Gasteiger partial charge on any atom is -0.483 e. The van der Waals surface area contributed by atoms with Gasteiger partial charge in [0, 0.05) is 13.1 Å². The molecule has 4 rings (SSSR count). The van der Waals surface area contributed by atoms with Gasteiger partial charge in [0.15, 0.2) is 5.84 Å². The number of ether oxygens (including phenoxy) is 2. The Morgan fingerprint density at radius 1 is 1.28 bits per heavy atom. The average molecular weight is 454 g/mol. The van der Waals surface area contributed by atoms with Crippen molar-refractivity contribution in [2.45, 2.75) is 51.9 Å². The highest BCUT2D eigenvalue weighted by molar-refractivity contribution is 6.09. The first-order valence-corrected chi connectivity index (χ1v) is 10.3. The third kappa shape index (κ3) is 4.20. The number of hydrogen-bond acceptors (Lipinski definition) is 6. The van der Waals surface area contributed by atoms with Crippen LogP contribution in [-0.2, 0) is 22.1 Å². The Morgan fingerprint density at radius 3 is 2.59 bits per heavy atom. The Balaban J connectivity index is 1.59. The highest BCUT2D eigenvalue weighted by atomic mass is 19.4. The number of nitrogens with zero attached hydrogens (tertiary/aromatic N) is 3. The fraction of sp³-hybridized carbons (Fsp3) is 0.571. The van der Waals surface area contributed by atoms with Crippen LogP contribution in [0.25, 0.3) is 0 Å². The van der Waals surface area contributed by atoms with Gasteiger partial charge in [-0.2, -0.15) is 18.3 Å². The number of likely N-dealkylation sites (tertiary alicyclic amines) is 1. The van der Waals surface area contributed by atoms with Crippen molar-refractivity contribution in [3.05, 3.63) is 23.3 Å². The van der Waals surface area contributed by atoms with E-state index in [1.807, 2.05) is 0 Å². The summed E-state index contributed by atoms with van der Waals surface area (Å²) in [4.78, 5) is 27.3. The molecule has 0 radical (unpaired) electrons. The van der Waals surface area contributed by atoms with E-state index in [1.165, 1.54) is 11.0 Å². The van der Waals surface area contributed by atoms with Gasteiger partial charge in [0.1, 0.15) is 24.0 Å². The van der Waals surface area contributed by atoms with E-state index in [1.54, 1.807) is 32.6 Å². The second kappa shape index (κ2) is 7.56. The van der Waals surface area contributed by atoms with E-state index in [2.05, 4.69) is 10.5 Å². The van der Waals surface area contributed by atoms with Gasteiger partial charge >= 0.3 is 12.3 Å². The number of hydrazone groups is 1. The van der Waals surface area contributed by atoms with Gasteiger partial charge < -0.3 is 19.3 Å². The lowest BCUT2D eigenvalue weighted by Crippen LogP contribution is -2.55. The van der Waals surface area contributed by atoms with Crippen molar-refractivity contribution in [2.24, 2.45) is 11.0 Å². The molecule has 3 aliphatic heterocycles. The van der Waals surface area contributed by atoms with Gasteiger partial charge in [0.25, 0.3) is 5.91 Å². The summed E-state index contributed by atoms with van der Waals surface area (Å²) in [6, 6.07) is 1.78. The van der Waals surface area contributed by atoms with Crippen LogP contribution in [0.1, 0.15) is 38.8 Å². The lowest BCUT2D eigenvalue weighted by molar-refractivity contribution is -0.138. The number of rotatable bonds is 2. The summed E-state index contributed by atoms with van der Waals surface area (Å²) in [7, 11) is 0. The van der Waals surface area contributed by atoms with Crippen LogP contribution in [0.5, 0.6) is 5.75 Å². The molecule has 3 heterocycles. The Hall–Kier alpha value is -2.98. The summed E-state index contributed by atoms with van der Waals surface area (Å²) in [5, 5.41) is 3.97. The zero-order valence-electron chi connectivity index (χ0n) is 18.2. The molecule has 0 saturated carbocycles. The number of benzene rings is 1. The van der Waals surface area contributed by atoms with Crippen LogP contribution >= 0.6 is 0 Å². The van der Waals surface area contributed by atoms with E-state index in [-0.39, 0.29) is 36.2 Å². The molecule has 1 aromatic rings. The summed E-state index contributed by atoms with van der Waals surface area (Å²) in [6.07, 6.45) is -4.91. The Bertz CT molecular complexity index is 980. The second-order valence-corrected chi connectivity index (χ2v) is 9.27. The summed E-state index contributed by atoms with van der Waals surface area (Å²) in [6.45, 7) is 7.51. The molecule has 3 aliphatic rings. The van der Waals surface area contributed by atoms with Gasteiger partial charge in [-0.05, 0) is 57.7 Å². The predicted molar refractivity (Wildman–Crippen MR) is 109 cm³/mol. The minimum atomic E-state index is -4.57. The highest BCUT2D eigenvalue weighted by Gasteiger charge is 2.41. The molecule has 1 atom stereocenters. The molecule has 1 saturated heterocycles. The molecule has 0 bridgehead atoms. The zero-order valence-corrected chi connectivity index (χ0v) is 18.2. The predicted octanol–water partition coefficient (Wildman–Crippen LogP) is 3.15. The Morgan fingerprint density at radius 2 is 1.97 bits per heavy atom. The van der Waals surface area contributed by atoms with Gasteiger partial charge in [-0.1, -0.05) is 0 Å². The van der Waals surface area contributed by atoms with Gasteiger partial charge in [-0.15, -0.1) is 0 Å². The fourth-order valence-corrected chi connectivity index (χ4v) is 4.03. The number of amides is 2. The molecule has 32 heavy (non-hydrogen) atoms. The number of fused-ring (bicyclic) bond motifs is 3. The van der Waals surface area contributed by atoms with Crippen LogP contribution in [0.4, 0.5) is 23.7 Å². The zero-order chi connectivity index (χ0) is 23.4. The minimum absolute atomic E-state index is 0.0399. The first-order valence-electron chi connectivity index (χ1n) is 10.3. The maximum atomic E-state index is 13.8. The smallest absolute Gasteiger partial charge is 0.416 e. The monoisotopic (exact) mass is 454 g/mol. The SMILES string of the molecule is CC1C(=O)NN=C2COc3cc(C(F)(F)F)c(CC4CN(C(=O)OC(C)(C)C)C4)cc3N21. The van der Waals surface area contributed by atoms with E-state index in [0.717, 1.165) is 6.07 Å². The number of hydrogen-bond donors (Lipinski definition) is 1. The number of nitrogens with one attached hydrogen (secondary N) is 1. The van der Waals surface area contributed by atoms with Crippen LogP contribution in [0, 0.1) is 5.92 Å². The van der Waals surface area contributed by atoms with Crippen LogP contribution in [0.3, 0.4) is 0 Å². The lowest BCUT2D eigenvalue weighted by Gasteiger charge is -2.41. The number of amidine groups is 1. The first kappa shape index (κ1) is 22.2. The molecule has 0 spiro atoms. The molecule has 0 aliphatic carbocycles. The quantitative estimate of drug-likeness (QED) is 0.743. The van der Waals surface area contributed by atoms with Gasteiger partial charge in [-0.25, -0.2) is 10.2 Å². The standard InChI is InChI=1S/C21H25F3N4O4/c1-11-18(29)26-25-17-10-31-16-7-14(21(22,23)24)13(6-15(16)28(11)17)5-12-8-27(9-12)19(30)32-20(2,3)4/h6-7,11-12H,5,8-10H2,1-4H3,(H,26,29). The van der Waals surface area contributed by atoms with Crippen molar-refractivity contribution >= 4 is 23.5 Å². The molecule has 1 aromatic carbocycles. The van der Waals surface area contributed by atoms with Crippen molar-refractivity contribution in [3.63, 3.8) is 0 Å². The van der Waals surface area contributed by atoms with Crippen LogP contribution in [-0.4, -0.2) is 54.1 Å². The third-order valence-electron chi connectivity index (χ3n) is 5.56. The Labute approximate surface area is 183 Å². The molecular formula is C21H25F3N4O4. The molecule has 1 fully saturated rings. The van der Waals surface area contributed by atoms with Gasteiger partial charge in [0.05, 0.1) is 11.3 Å². The van der Waals surface area contributed by atoms with Gasteiger partial charge in [-0.3, -0.25) is 4.79 Å². The van der Waals surface area contributed by atoms with E-state index in [4.69, 9.17) is 9.47 Å². The van der Waals surface area contributed by atoms with Crippen molar-refractivity contribution in [1.29, 1.82) is 0 Å². The lowest BCUT2D eigenvalue weighted by atomic mass is 9.89. The van der Waals surface area contributed by atoms with E-state index < -0.39 is 29.5 Å². The normalized spacial score (nSPS) is 21.0. The van der Waals surface area contributed by atoms with E-state index in [9.17, 15) is 22.8 Å². The summed E-state index contributed by atoms with van der Waals surface area (Å²) < 4.78 is 52.3. The number of carbonyl (C=O) groups excluding carboxylic acids is 2. The number of halogens is 3. The molecule has 11 heteroatoms. The second-order valence-electron chi connectivity index (χ2n) is 9.27. The molecule has 1 N–H and O–H groups in total. The number of alkyl halides is 3. The molecule has 8 nitrogen and oxygen atoms in total. The van der Waals surface area contributed by atoms with Crippen LogP contribution in [0.15, 0.2) is 17.2 Å². The van der Waals surface area contributed by atoms with Crippen molar-refractivity contribution in [2.75, 3.05) is 24.6 Å². The topological polar surface area (TPSA) is 83.5 Å². The van der Waals surface area contributed by atoms with Crippen LogP contribution in [0.2, 0.25) is 0 Å². The maximum absolute atomic E-state index is 13.8. The molecule has 2 amide bonds. The largest absolute Gasteiger partial charge is 0.483 e. The number of carbonyl (C=O) groups is 2. The average Bonchev–Trinajstić information content (AvgIpc) is 2.63. The van der Waals surface area contributed by atoms with E-state index >= 15 is 0 Å². The molecule has 174 valence electrons. The van der Waals surface area contributed by atoms with E-state index in [0.29, 0.717) is 24.6 Å². The third-order valence-corrected chi connectivity index (χ3v) is 5.56. The summed E-state index contributed by atoms with van der Waals surface area (Å²) in [5.74, 6) is -0.00273. The highest BCUT2D eigenvalue weighted by Crippen LogP contribution is 2.43. The maximum Gasteiger partial charge on any atom is 0.416 e. The van der Waals surface area contributed by atoms with Crippen molar-refractivity contribution < 1.29 is 32.2 Å². The fourth-order valence-electron chi connectivity index (χ4n) is 4.03. The van der Waals surface area contributed by atoms with Crippen LogP contribution < -0.4 is 15.1 Å². The first-order chi connectivity index (χ1) is 14.8. The van der Waals surface area contributed by atoms with Crippen molar-refractivity contribution in [3.8, 4) is 5.75 Å². The summed E-state index contributed by atoms with van der Waals surface area (Å²) >= 11 is 0. The van der Waals surface area contributed by atoms with Gasteiger partial charge in [0.2, 0.25) is 0 Å². The molecular weight excluding hydrogens is 429 g/mol. The molecule has 0 aromatic heterocycles. The molecule has 1 unspecified atom stereocenters.